The molecular weight excluding hydrogens is 548 g/mol. The topological polar surface area (TPSA) is 168 Å². The summed E-state index contributed by atoms with van der Waals surface area (Å²) in [5, 5.41) is 22.6. The van der Waals surface area contributed by atoms with Crippen molar-refractivity contribution in [2.24, 2.45) is 52.3 Å². The van der Waals surface area contributed by atoms with Crippen LogP contribution in [0.25, 0.3) is 0 Å². The molecule has 0 aliphatic heterocycles. The normalized spacial score (nSPS) is 44.2. The van der Waals surface area contributed by atoms with Gasteiger partial charge in [-0.3, -0.25) is 9.11 Å². The van der Waals surface area contributed by atoms with E-state index in [4.69, 9.17) is 8.74 Å². The van der Waals surface area contributed by atoms with Gasteiger partial charge in [-0.15, -0.1) is 0 Å². The minimum absolute atomic E-state index is 0.0193. The molecule has 4 aliphatic carbocycles. The van der Waals surface area contributed by atoms with E-state index in [1.807, 2.05) is 6.92 Å². The zero-order valence-corrected chi connectivity index (χ0v) is 25.2. The van der Waals surface area contributed by atoms with Crippen molar-refractivity contribution in [3.63, 3.8) is 0 Å². The Balaban J connectivity index is 1.41. The van der Waals surface area contributed by atoms with Gasteiger partial charge in [0.15, 0.2) is 0 Å². The van der Waals surface area contributed by atoms with E-state index in [1.165, 1.54) is 0 Å². The fourth-order valence-corrected chi connectivity index (χ4v) is 10.7. The number of hydrogen-bond acceptors (Lipinski definition) is 8. The van der Waals surface area contributed by atoms with Crippen molar-refractivity contribution in [3.8, 4) is 0 Å². The lowest BCUT2D eigenvalue weighted by molar-refractivity contribution is -0.204. The van der Waals surface area contributed by atoms with Crippen LogP contribution >= 0.6 is 0 Å². The van der Waals surface area contributed by atoms with Crippen LogP contribution in [0.4, 0.5) is 0 Å². The van der Waals surface area contributed by atoms with Gasteiger partial charge >= 0.3 is 20.8 Å². The van der Waals surface area contributed by atoms with Gasteiger partial charge in [-0.05, 0) is 104 Å². The Labute approximate surface area is 234 Å². The summed E-state index contributed by atoms with van der Waals surface area (Å²) >= 11 is 0. The molecule has 12 heteroatoms. The first-order chi connectivity index (χ1) is 18.0. The Morgan fingerprint density at radius 2 is 1.49 bits per heavy atom. The van der Waals surface area contributed by atoms with E-state index >= 15 is 0 Å². The maximum absolute atomic E-state index is 11.5. The average molecular weight is 597 g/mol. The zero-order valence-electron chi connectivity index (χ0n) is 23.6. The van der Waals surface area contributed by atoms with Crippen LogP contribution in [0.1, 0.15) is 91.9 Å². The molecule has 0 radical (unpaired) electrons. The molecule has 0 amide bonds. The molecule has 39 heavy (non-hydrogen) atoms. The van der Waals surface area contributed by atoms with Gasteiger partial charge in [0.05, 0.1) is 18.8 Å². The maximum Gasteiger partial charge on any atom is 0.397 e. The Hall–Kier alpha value is -0.340. The lowest BCUT2D eigenvalue weighted by Crippen LogP contribution is -2.62. The van der Waals surface area contributed by atoms with E-state index in [-0.39, 0.29) is 41.1 Å². The molecule has 0 aromatic heterocycles. The molecule has 0 spiro atoms. The van der Waals surface area contributed by atoms with E-state index < -0.39 is 39.1 Å². The van der Waals surface area contributed by atoms with Crippen molar-refractivity contribution in [2.45, 2.75) is 110 Å². The molecule has 12 atom stereocenters. The van der Waals surface area contributed by atoms with E-state index in [2.05, 4.69) is 25.0 Å². The van der Waals surface area contributed by atoms with Crippen LogP contribution in [0.5, 0.6) is 0 Å². The molecule has 4 aliphatic rings. The van der Waals surface area contributed by atoms with Gasteiger partial charge in [0.1, 0.15) is 6.10 Å². The van der Waals surface area contributed by atoms with Crippen LogP contribution in [0, 0.1) is 52.3 Å². The first kappa shape index (κ1) is 31.6. The molecule has 0 bridgehead atoms. The summed E-state index contributed by atoms with van der Waals surface area (Å²) < 4.78 is 71.6. The van der Waals surface area contributed by atoms with Crippen LogP contribution in [0.3, 0.4) is 0 Å². The average Bonchev–Trinajstić information content (AvgIpc) is 3.17. The first-order valence-electron chi connectivity index (χ1n) is 14.6. The summed E-state index contributed by atoms with van der Waals surface area (Å²) in [5.41, 5.74) is -0.109. The van der Waals surface area contributed by atoms with Gasteiger partial charge in [0.2, 0.25) is 0 Å². The largest absolute Gasteiger partial charge is 0.397 e. The second kappa shape index (κ2) is 11.4. The summed E-state index contributed by atoms with van der Waals surface area (Å²) in [6.07, 6.45) is 5.82. The van der Waals surface area contributed by atoms with Crippen molar-refractivity contribution in [1.82, 2.24) is 0 Å². The summed E-state index contributed by atoms with van der Waals surface area (Å²) in [6.45, 7) is 8.80. The molecular formula is C27H48O10S2. The van der Waals surface area contributed by atoms with Gasteiger partial charge < -0.3 is 10.2 Å². The molecule has 0 aromatic carbocycles. The molecule has 0 aromatic rings. The quantitative estimate of drug-likeness (QED) is 0.270. The molecule has 0 saturated heterocycles. The Morgan fingerprint density at radius 3 is 2.13 bits per heavy atom. The lowest BCUT2D eigenvalue weighted by Gasteiger charge is -2.63. The monoisotopic (exact) mass is 596 g/mol. The summed E-state index contributed by atoms with van der Waals surface area (Å²) in [4.78, 5) is 0. The molecule has 4 N–H and O–H groups in total. The van der Waals surface area contributed by atoms with E-state index in [1.54, 1.807) is 0 Å². The fraction of sp³-hybridized carbons (Fsp3) is 1.00. The highest BCUT2D eigenvalue weighted by molar-refractivity contribution is 7.81. The van der Waals surface area contributed by atoms with Gasteiger partial charge in [-0.25, -0.2) is 8.37 Å². The van der Waals surface area contributed by atoms with E-state index in [0.717, 1.165) is 44.9 Å². The number of hydrogen-bond donors (Lipinski definition) is 4. The third kappa shape index (κ3) is 6.53. The van der Waals surface area contributed by atoms with Crippen molar-refractivity contribution in [2.75, 3.05) is 6.61 Å². The first-order valence-corrected chi connectivity index (χ1v) is 17.3. The van der Waals surface area contributed by atoms with Crippen LogP contribution in [0.2, 0.25) is 0 Å². The summed E-state index contributed by atoms with van der Waals surface area (Å²) in [5.74, 6) is 1.54. The molecule has 4 saturated carbocycles. The number of aliphatic hydroxyl groups excluding tert-OH is 2. The van der Waals surface area contributed by atoms with Crippen molar-refractivity contribution in [3.05, 3.63) is 0 Å². The van der Waals surface area contributed by atoms with Crippen molar-refractivity contribution >= 4 is 20.8 Å². The highest BCUT2D eigenvalue weighted by atomic mass is 32.3. The molecule has 0 heterocycles. The number of aliphatic hydroxyl groups is 2. The second-order valence-corrected chi connectivity index (χ2v) is 15.9. The number of fused-ring (bicyclic) bond motifs is 5. The van der Waals surface area contributed by atoms with Gasteiger partial charge in [0, 0.05) is 0 Å². The van der Waals surface area contributed by atoms with Crippen LogP contribution in [0.15, 0.2) is 0 Å². The second-order valence-electron chi connectivity index (χ2n) is 13.8. The van der Waals surface area contributed by atoms with Crippen molar-refractivity contribution < 1.29 is 44.5 Å². The van der Waals surface area contributed by atoms with Gasteiger partial charge in [-0.2, -0.15) is 16.8 Å². The maximum atomic E-state index is 11.5. The minimum atomic E-state index is -4.67. The lowest BCUT2D eigenvalue weighted by atomic mass is 9.43. The molecule has 228 valence electrons. The smallest absolute Gasteiger partial charge is 0.393 e. The third-order valence-corrected chi connectivity index (χ3v) is 12.5. The zero-order chi connectivity index (χ0) is 29.0. The Kier molecular flexibility index (Phi) is 9.23. The van der Waals surface area contributed by atoms with Crippen LogP contribution in [-0.2, 0) is 29.2 Å². The molecule has 4 fully saturated rings. The van der Waals surface area contributed by atoms with Crippen molar-refractivity contribution in [1.29, 1.82) is 0 Å². The van der Waals surface area contributed by atoms with Crippen LogP contribution in [-0.4, -0.2) is 61.1 Å². The standard InChI is InChI=1S/C27H48O10S2/c1-16(15-36-38(30,31)32)6-5-7-17(2)18-8-9-19-24-20(10-12-26(18,19)3)27(4)13-11-23(37-39(33,34)35)25(29)21(27)14-22(24)28/h16-25,28-29H,5-15H2,1-4H3,(H,30,31,32)(H,33,34,35). The Morgan fingerprint density at radius 1 is 0.846 bits per heavy atom. The van der Waals surface area contributed by atoms with Gasteiger partial charge in [-0.1, -0.05) is 40.5 Å². The molecule has 12 unspecified atom stereocenters. The molecule has 10 nitrogen and oxygen atoms in total. The predicted molar refractivity (Wildman–Crippen MR) is 144 cm³/mol. The Bertz CT molecular complexity index is 1080. The molecule has 4 rings (SSSR count). The van der Waals surface area contributed by atoms with Crippen LogP contribution < -0.4 is 0 Å². The summed E-state index contributed by atoms with van der Waals surface area (Å²) in [6, 6.07) is 0. The fourth-order valence-electron chi connectivity index (χ4n) is 9.76. The minimum Gasteiger partial charge on any atom is -0.393 e. The summed E-state index contributed by atoms with van der Waals surface area (Å²) in [7, 11) is -9.08. The van der Waals surface area contributed by atoms with Gasteiger partial charge in [0.25, 0.3) is 0 Å². The van der Waals surface area contributed by atoms with E-state index in [0.29, 0.717) is 37.0 Å². The van der Waals surface area contributed by atoms with E-state index in [9.17, 15) is 31.6 Å². The predicted octanol–water partition coefficient (Wildman–Crippen LogP) is 4.04. The third-order valence-electron chi connectivity index (χ3n) is 11.6. The highest BCUT2D eigenvalue weighted by Gasteiger charge is 2.64. The highest BCUT2D eigenvalue weighted by Crippen LogP contribution is 2.68. The SMILES string of the molecule is CC(CCCC(C)C1CCC2C3C(O)CC4C(O)C(OS(=O)(=O)O)CCC4(C)C3CCC12C)COS(=O)(=O)O. The number of rotatable bonds is 10.